The van der Waals surface area contributed by atoms with Crippen molar-refractivity contribution in [1.82, 2.24) is 10.6 Å². The van der Waals surface area contributed by atoms with Gasteiger partial charge in [0.25, 0.3) is 0 Å². The zero-order valence-corrected chi connectivity index (χ0v) is 14.3. The number of aryl methyl sites for hydroxylation is 1. The van der Waals surface area contributed by atoms with Crippen LogP contribution in [0.3, 0.4) is 0 Å². The third kappa shape index (κ3) is 4.81. The number of nitrogens with zero attached hydrogens (tertiary/aromatic N) is 1. The van der Waals surface area contributed by atoms with Gasteiger partial charge >= 0.3 is 0 Å². The average molecular weight is 331 g/mol. The average Bonchev–Trinajstić information content (AvgIpc) is 2.94. The SMILES string of the molecule is CCCc1ccc(N2C[C@H](C(=O)NCCNC(C)=O)CC2=O)cc1. The number of anilines is 1. The Hall–Kier alpha value is -2.37. The molecule has 0 aromatic heterocycles. The normalized spacial score (nSPS) is 17.0. The van der Waals surface area contributed by atoms with Gasteiger partial charge in [-0.05, 0) is 24.1 Å². The van der Waals surface area contributed by atoms with Gasteiger partial charge in [-0.3, -0.25) is 14.4 Å². The molecule has 1 fully saturated rings. The topological polar surface area (TPSA) is 78.5 Å². The van der Waals surface area contributed by atoms with Crippen LogP contribution in [0.5, 0.6) is 0 Å². The van der Waals surface area contributed by atoms with Crippen molar-refractivity contribution >= 4 is 23.4 Å². The summed E-state index contributed by atoms with van der Waals surface area (Å²) in [5, 5.41) is 5.39. The number of carbonyl (C=O) groups is 3. The van der Waals surface area contributed by atoms with Crippen LogP contribution in [0.1, 0.15) is 32.3 Å². The molecule has 6 nitrogen and oxygen atoms in total. The molecule has 130 valence electrons. The summed E-state index contributed by atoms with van der Waals surface area (Å²) in [5.41, 5.74) is 2.09. The molecule has 1 aromatic carbocycles. The maximum atomic E-state index is 12.2. The van der Waals surface area contributed by atoms with Gasteiger partial charge in [0.1, 0.15) is 0 Å². The zero-order chi connectivity index (χ0) is 17.5. The third-order valence-electron chi connectivity index (χ3n) is 4.08. The highest BCUT2D eigenvalue weighted by atomic mass is 16.2. The lowest BCUT2D eigenvalue weighted by molar-refractivity contribution is -0.126. The first kappa shape index (κ1) is 18.0. The lowest BCUT2D eigenvalue weighted by Gasteiger charge is -2.17. The van der Waals surface area contributed by atoms with E-state index in [1.807, 2.05) is 24.3 Å². The zero-order valence-electron chi connectivity index (χ0n) is 14.3. The predicted molar refractivity (Wildman–Crippen MR) is 92.6 cm³/mol. The highest BCUT2D eigenvalue weighted by Gasteiger charge is 2.34. The molecular formula is C18H25N3O3. The van der Waals surface area contributed by atoms with E-state index in [1.165, 1.54) is 12.5 Å². The van der Waals surface area contributed by atoms with E-state index in [2.05, 4.69) is 17.6 Å². The lowest BCUT2D eigenvalue weighted by Crippen LogP contribution is -2.37. The van der Waals surface area contributed by atoms with Crippen LogP contribution in [0.25, 0.3) is 0 Å². The fourth-order valence-corrected chi connectivity index (χ4v) is 2.83. The van der Waals surface area contributed by atoms with E-state index < -0.39 is 0 Å². The smallest absolute Gasteiger partial charge is 0.227 e. The Morgan fingerprint density at radius 3 is 2.46 bits per heavy atom. The first-order chi connectivity index (χ1) is 11.5. The molecule has 0 aliphatic carbocycles. The molecule has 0 saturated carbocycles. The molecule has 0 spiro atoms. The second-order valence-corrected chi connectivity index (χ2v) is 6.10. The van der Waals surface area contributed by atoms with Crippen LogP contribution in [0.4, 0.5) is 5.69 Å². The molecule has 1 aliphatic rings. The van der Waals surface area contributed by atoms with Crippen LogP contribution >= 0.6 is 0 Å². The number of benzene rings is 1. The molecule has 0 bridgehead atoms. The van der Waals surface area contributed by atoms with Gasteiger partial charge in [-0.1, -0.05) is 25.5 Å². The van der Waals surface area contributed by atoms with E-state index in [9.17, 15) is 14.4 Å². The summed E-state index contributed by atoms with van der Waals surface area (Å²) in [6.07, 6.45) is 2.33. The Bertz CT molecular complexity index is 598. The van der Waals surface area contributed by atoms with Gasteiger partial charge in [0.05, 0.1) is 5.92 Å². The van der Waals surface area contributed by atoms with Gasteiger partial charge in [-0.15, -0.1) is 0 Å². The van der Waals surface area contributed by atoms with Gasteiger partial charge in [0.15, 0.2) is 0 Å². The molecule has 2 rings (SSSR count). The highest BCUT2D eigenvalue weighted by Crippen LogP contribution is 2.25. The first-order valence-corrected chi connectivity index (χ1v) is 8.42. The van der Waals surface area contributed by atoms with Crippen LogP contribution < -0.4 is 15.5 Å². The van der Waals surface area contributed by atoms with Crippen molar-refractivity contribution in [1.29, 1.82) is 0 Å². The van der Waals surface area contributed by atoms with Crippen LogP contribution in [0, 0.1) is 5.92 Å². The molecular weight excluding hydrogens is 306 g/mol. The van der Waals surface area contributed by atoms with Crippen molar-refractivity contribution in [3.05, 3.63) is 29.8 Å². The summed E-state index contributed by atoms with van der Waals surface area (Å²) in [7, 11) is 0. The van der Waals surface area contributed by atoms with Gasteiger partial charge in [-0.25, -0.2) is 0 Å². The molecule has 1 atom stereocenters. The molecule has 0 radical (unpaired) electrons. The Morgan fingerprint density at radius 1 is 1.17 bits per heavy atom. The third-order valence-corrected chi connectivity index (χ3v) is 4.08. The van der Waals surface area contributed by atoms with E-state index in [1.54, 1.807) is 4.90 Å². The van der Waals surface area contributed by atoms with Crippen LogP contribution in [0.2, 0.25) is 0 Å². The maximum absolute atomic E-state index is 12.2. The van der Waals surface area contributed by atoms with E-state index in [0.29, 0.717) is 19.6 Å². The van der Waals surface area contributed by atoms with Crippen molar-refractivity contribution in [3.63, 3.8) is 0 Å². The van der Waals surface area contributed by atoms with Crippen LogP contribution in [-0.2, 0) is 20.8 Å². The lowest BCUT2D eigenvalue weighted by atomic mass is 10.1. The number of amides is 3. The number of carbonyl (C=O) groups excluding carboxylic acids is 3. The number of rotatable bonds is 7. The van der Waals surface area contributed by atoms with Crippen molar-refractivity contribution < 1.29 is 14.4 Å². The summed E-state index contributed by atoms with van der Waals surface area (Å²) in [6, 6.07) is 7.96. The summed E-state index contributed by atoms with van der Waals surface area (Å²) in [4.78, 5) is 36.8. The summed E-state index contributed by atoms with van der Waals surface area (Å²) < 4.78 is 0. The summed E-state index contributed by atoms with van der Waals surface area (Å²) in [5.74, 6) is -0.637. The quantitative estimate of drug-likeness (QED) is 0.738. The standard InChI is InChI=1S/C18H25N3O3/c1-3-4-14-5-7-16(8-6-14)21-12-15(11-17(21)23)18(24)20-10-9-19-13(2)22/h5-8,15H,3-4,9-12H2,1-2H3,(H,19,22)(H,20,24)/t15-/m1/s1. The van der Waals surface area contributed by atoms with E-state index in [0.717, 1.165) is 18.5 Å². The number of nitrogens with one attached hydrogen (secondary N) is 2. The Labute approximate surface area is 142 Å². The largest absolute Gasteiger partial charge is 0.355 e. The second kappa shape index (κ2) is 8.47. The van der Waals surface area contributed by atoms with Gasteiger partial charge in [-0.2, -0.15) is 0 Å². The minimum atomic E-state index is -0.342. The van der Waals surface area contributed by atoms with Crippen LogP contribution in [0.15, 0.2) is 24.3 Å². The Kier molecular flexibility index (Phi) is 6.35. The maximum Gasteiger partial charge on any atom is 0.227 e. The molecule has 1 saturated heterocycles. The Balaban J connectivity index is 1.88. The molecule has 2 N–H and O–H groups in total. The summed E-state index contributed by atoms with van der Waals surface area (Å²) >= 11 is 0. The number of hydrogen-bond donors (Lipinski definition) is 2. The van der Waals surface area contributed by atoms with Crippen molar-refractivity contribution in [2.24, 2.45) is 5.92 Å². The molecule has 3 amide bonds. The van der Waals surface area contributed by atoms with Gasteiger partial charge < -0.3 is 15.5 Å². The molecule has 1 aromatic rings. The minimum Gasteiger partial charge on any atom is -0.355 e. The van der Waals surface area contributed by atoms with Crippen molar-refractivity contribution in [3.8, 4) is 0 Å². The van der Waals surface area contributed by atoms with Gasteiger partial charge in [0, 0.05) is 38.7 Å². The fourth-order valence-electron chi connectivity index (χ4n) is 2.83. The Morgan fingerprint density at radius 2 is 1.83 bits per heavy atom. The predicted octanol–water partition coefficient (Wildman–Crippen LogP) is 1.24. The number of hydrogen-bond acceptors (Lipinski definition) is 3. The van der Waals surface area contributed by atoms with E-state index >= 15 is 0 Å². The monoisotopic (exact) mass is 331 g/mol. The van der Waals surface area contributed by atoms with Crippen LogP contribution in [-0.4, -0.2) is 37.4 Å². The van der Waals surface area contributed by atoms with E-state index in [-0.39, 0.29) is 30.1 Å². The first-order valence-electron chi connectivity index (χ1n) is 8.42. The highest BCUT2D eigenvalue weighted by molar-refractivity contribution is 6.00. The van der Waals surface area contributed by atoms with Crippen molar-refractivity contribution in [2.45, 2.75) is 33.1 Å². The van der Waals surface area contributed by atoms with Crippen molar-refractivity contribution in [2.75, 3.05) is 24.5 Å². The minimum absolute atomic E-state index is 0.0275. The molecule has 0 unspecified atom stereocenters. The molecule has 1 heterocycles. The molecule has 24 heavy (non-hydrogen) atoms. The van der Waals surface area contributed by atoms with Gasteiger partial charge in [0.2, 0.25) is 17.7 Å². The fraction of sp³-hybridized carbons (Fsp3) is 0.500. The molecule has 1 aliphatic heterocycles. The van der Waals surface area contributed by atoms with E-state index in [4.69, 9.17) is 0 Å². The second-order valence-electron chi connectivity index (χ2n) is 6.10. The summed E-state index contributed by atoms with van der Waals surface area (Å²) in [6.45, 7) is 4.73. The molecule has 6 heteroatoms.